The van der Waals surface area contributed by atoms with Crippen LogP contribution in [0.5, 0.6) is 5.75 Å². The number of phenols is 1. The standard InChI is InChI=1S/C20H19N3O2/c24-18-6-2-1-5-16(18)20(25)21-15-10-8-14(9-11-15)17-13-23-12-4-3-7-19(23)22-17/h1-2,5-6,8-11,13,24H,3-4,7,12H2,(H,21,25). The Hall–Kier alpha value is -3.08. The zero-order valence-electron chi connectivity index (χ0n) is 13.8. The van der Waals surface area contributed by atoms with Crippen LogP contribution in [0.1, 0.15) is 29.0 Å². The number of phenolic OH excluding ortho intramolecular Hbond substituents is 1. The van der Waals surface area contributed by atoms with Gasteiger partial charge in [0.2, 0.25) is 0 Å². The summed E-state index contributed by atoms with van der Waals surface area (Å²) < 4.78 is 2.23. The van der Waals surface area contributed by atoms with Crippen molar-refractivity contribution >= 4 is 11.6 Å². The number of hydrogen-bond donors (Lipinski definition) is 2. The second-order valence-electron chi connectivity index (χ2n) is 6.24. The van der Waals surface area contributed by atoms with E-state index in [1.807, 2.05) is 24.3 Å². The molecule has 2 heterocycles. The van der Waals surface area contributed by atoms with Gasteiger partial charge in [0.1, 0.15) is 11.6 Å². The quantitative estimate of drug-likeness (QED) is 0.765. The lowest BCUT2D eigenvalue weighted by Gasteiger charge is -2.11. The first-order valence-electron chi connectivity index (χ1n) is 8.46. The Kier molecular flexibility index (Phi) is 3.98. The number of fused-ring (bicyclic) bond motifs is 1. The van der Waals surface area contributed by atoms with Crippen molar-refractivity contribution in [3.05, 3.63) is 66.1 Å². The normalized spacial score (nSPS) is 13.3. The molecular weight excluding hydrogens is 314 g/mol. The molecule has 0 unspecified atom stereocenters. The van der Waals surface area contributed by atoms with Crippen molar-refractivity contribution in [3.8, 4) is 17.0 Å². The Bertz CT molecular complexity index is 889. The van der Waals surface area contributed by atoms with Crippen LogP contribution in [0.3, 0.4) is 0 Å². The number of carbonyl (C=O) groups excluding carboxylic acids is 1. The number of carbonyl (C=O) groups is 1. The summed E-state index contributed by atoms with van der Waals surface area (Å²) >= 11 is 0. The molecule has 0 saturated heterocycles. The number of aromatic hydroxyl groups is 1. The minimum absolute atomic E-state index is 0.0276. The maximum absolute atomic E-state index is 12.2. The van der Waals surface area contributed by atoms with Crippen LogP contribution in [-0.4, -0.2) is 20.6 Å². The molecule has 1 aromatic heterocycles. The number of hydrogen-bond acceptors (Lipinski definition) is 3. The van der Waals surface area contributed by atoms with Crippen molar-refractivity contribution in [1.82, 2.24) is 9.55 Å². The molecule has 5 heteroatoms. The third kappa shape index (κ3) is 3.13. The maximum atomic E-state index is 12.2. The number of nitrogens with zero attached hydrogens (tertiary/aromatic N) is 2. The molecule has 0 fully saturated rings. The molecule has 0 radical (unpaired) electrons. The predicted octanol–water partition coefficient (Wildman–Crippen LogP) is 3.84. The fourth-order valence-corrected chi connectivity index (χ4v) is 3.14. The monoisotopic (exact) mass is 333 g/mol. The molecule has 5 nitrogen and oxygen atoms in total. The van der Waals surface area contributed by atoms with E-state index in [0.717, 1.165) is 30.0 Å². The highest BCUT2D eigenvalue weighted by Gasteiger charge is 2.14. The number of imidazole rings is 1. The topological polar surface area (TPSA) is 67.2 Å². The molecule has 1 amide bonds. The van der Waals surface area contributed by atoms with Crippen LogP contribution in [0.2, 0.25) is 0 Å². The third-order valence-electron chi connectivity index (χ3n) is 4.50. The average molecular weight is 333 g/mol. The lowest BCUT2D eigenvalue weighted by Crippen LogP contribution is -2.11. The van der Waals surface area contributed by atoms with E-state index in [0.29, 0.717) is 5.69 Å². The van der Waals surface area contributed by atoms with Gasteiger partial charge in [-0.1, -0.05) is 24.3 Å². The van der Waals surface area contributed by atoms with Gasteiger partial charge in [-0.2, -0.15) is 0 Å². The predicted molar refractivity (Wildman–Crippen MR) is 96.7 cm³/mol. The van der Waals surface area contributed by atoms with Crippen molar-refractivity contribution in [1.29, 1.82) is 0 Å². The summed E-state index contributed by atoms with van der Waals surface area (Å²) in [4.78, 5) is 16.9. The van der Waals surface area contributed by atoms with Crippen molar-refractivity contribution in [2.24, 2.45) is 0 Å². The van der Waals surface area contributed by atoms with Crippen LogP contribution in [0.15, 0.2) is 54.7 Å². The highest BCUT2D eigenvalue weighted by molar-refractivity contribution is 6.06. The van der Waals surface area contributed by atoms with E-state index in [4.69, 9.17) is 4.98 Å². The maximum Gasteiger partial charge on any atom is 0.259 e. The lowest BCUT2D eigenvalue weighted by molar-refractivity contribution is 0.102. The van der Waals surface area contributed by atoms with E-state index in [-0.39, 0.29) is 17.2 Å². The molecule has 0 atom stereocenters. The number of amides is 1. The molecule has 0 saturated carbocycles. The molecule has 25 heavy (non-hydrogen) atoms. The second kappa shape index (κ2) is 6.43. The molecule has 0 spiro atoms. The van der Waals surface area contributed by atoms with E-state index < -0.39 is 0 Å². The minimum atomic E-state index is -0.330. The smallest absolute Gasteiger partial charge is 0.259 e. The summed E-state index contributed by atoms with van der Waals surface area (Å²) in [6.07, 6.45) is 5.55. The van der Waals surface area contributed by atoms with Gasteiger partial charge in [-0.25, -0.2) is 4.98 Å². The molecular formula is C20H19N3O2. The third-order valence-corrected chi connectivity index (χ3v) is 4.50. The van der Waals surface area contributed by atoms with Gasteiger partial charge in [0.25, 0.3) is 5.91 Å². The van der Waals surface area contributed by atoms with Crippen LogP contribution in [0.25, 0.3) is 11.3 Å². The average Bonchev–Trinajstić information content (AvgIpc) is 3.07. The van der Waals surface area contributed by atoms with Crippen LogP contribution in [0, 0.1) is 0 Å². The van der Waals surface area contributed by atoms with Gasteiger partial charge in [0.15, 0.2) is 0 Å². The molecule has 1 aliphatic heterocycles. The SMILES string of the molecule is O=C(Nc1ccc(-c2cn3c(n2)CCCC3)cc1)c1ccccc1O. The Balaban J connectivity index is 1.51. The summed E-state index contributed by atoms with van der Waals surface area (Å²) in [5.74, 6) is 0.793. The fourth-order valence-electron chi connectivity index (χ4n) is 3.14. The largest absolute Gasteiger partial charge is 0.507 e. The van der Waals surface area contributed by atoms with Gasteiger partial charge in [0.05, 0.1) is 11.3 Å². The van der Waals surface area contributed by atoms with Crippen molar-refractivity contribution in [2.75, 3.05) is 5.32 Å². The first kappa shape index (κ1) is 15.4. The number of rotatable bonds is 3. The fraction of sp³-hybridized carbons (Fsp3) is 0.200. The highest BCUT2D eigenvalue weighted by Crippen LogP contribution is 2.24. The second-order valence-corrected chi connectivity index (χ2v) is 6.24. The van der Waals surface area contributed by atoms with Crippen LogP contribution >= 0.6 is 0 Å². The minimum Gasteiger partial charge on any atom is -0.507 e. The van der Waals surface area contributed by atoms with Gasteiger partial charge < -0.3 is 15.0 Å². The zero-order chi connectivity index (χ0) is 17.2. The molecule has 0 aliphatic carbocycles. The van der Waals surface area contributed by atoms with E-state index in [2.05, 4.69) is 16.1 Å². The van der Waals surface area contributed by atoms with E-state index in [9.17, 15) is 9.90 Å². The Labute approximate surface area is 146 Å². The van der Waals surface area contributed by atoms with Crippen molar-refractivity contribution in [3.63, 3.8) is 0 Å². The molecule has 0 bridgehead atoms. The Morgan fingerprint density at radius 1 is 1.08 bits per heavy atom. The summed E-state index contributed by atoms with van der Waals surface area (Å²) in [6, 6.07) is 14.1. The first-order chi connectivity index (χ1) is 12.2. The summed E-state index contributed by atoms with van der Waals surface area (Å²) in [6.45, 7) is 1.04. The molecule has 1 aliphatic rings. The van der Waals surface area contributed by atoms with E-state index in [1.165, 1.54) is 18.9 Å². The number of nitrogens with one attached hydrogen (secondary N) is 1. The highest BCUT2D eigenvalue weighted by atomic mass is 16.3. The summed E-state index contributed by atoms with van der Waals surface area (Å²) in [5.41, 5.74) is 2.94. The van der Waals surface area contributed by atoms with Gasteiger partial charge >= 0.3 is 0 Å². The summed E-state index contributed by atoms with van der Waals surface area (Å²) in [5, 5.41) is 12.6. The summed E-state index contributed by atoms with van der Waals surface area (Å²) in [7, 11) is 0. The number of benzene rings is 2. The van der Waals surface area contributed by atoms with E-state index in [1.54, 1.807) is 18.2 Å². The zero-order valence-corrected chi connectivity index (χ0v) is 13.8. The number of para-hydroxylation sites is 1. The van der Waals surface area contributed by atoms with E-state index >= 15 is 0 Å². The molecule has 2 aromatic carbocycles. The molecule has 3 aromatic rings. The molecule has 2 N–H and O–H groups in total. The first-order valence-corrected chi connectivity index (χ1v) is 8.46. The van der Waals surface area contributed by atoms with Gasteiger partial charge in [0, 0.05) is 30.4 Å². The van der Waals surface area contributed by atoms with Gasteiger partial charge in [-0.15, -0.1) is 0 Å². The van der Waals surface area contributed by atoms with Gasteiger partial charge in [-0.05, 0) is 37.1 Å². The Morgan fingerprint density at radius 3 is 2.64 bits per heavy atom. The number of aromatic nitrogens is 2. The van der Waals surface area contributed by atoms with Gasteiger partial charge in [-0.3, -0.25) is 4.79 Å². The van der Waals surface area contributed by atoms with Crippen LogP contribution in [0.4, 0.5) is 5.69 Å². The molecule has 126 valence electrons. The van der Waals surface area contributed by atoms with Crippen LogP contribution < -0.4 is 5.32 Å². The lowest BCUT2D eigenvalue weighted by atomic mass is 10.1. The van der Waals surface area contributed by atoms with Crippen molar-refractivity contribution in [2.45, 2.75) is 25.8 Å². The number of anilines is 1. The van der Waals surface area contributed by atoms with Crippen LogP contribution in [-0.2, 0) is 13.0 Å². The number of aryl methyl sites for hydroxylation is 2. The Morgan fingerprint density at radius 2 is 1.88 bits per heavy atom. The van der Waals surface area contributed by atoms with Crippen molar-refractivity contribution < 1.29 is 9.90 Å². The molecule has 4 rings (SSSR count).